The maximum atomic E-state index is 12.6. The lowest BCUT2D eigenvalue weighted by atomic mass is 9.78. The molecule has 2 N–H and O–H groups in total. The second-order valence-corrected chi connectivity index (χ2v) is 8.70. The fourth-order valence-corrected chi connectivity index (χ4v) is 5.73. The molecule has 1 aromatic carbocycles. The van der Waals surface area contributed by atoms with E-state index in [1.807, 2.05) is 11.8 Å². The average molecular weight is 331 g/mol. The Morgan fingerprint density at radius 2 is 2.04 bits per heavy atom. The van der Waals surface area contributed by atoms with Gasteiger partial charge in [-0.15, -0.1) is 0 Å². The molecule has 2 atom stereocenters. The van der Waals surface area contributed by atoms with Gasteiger partial charge in [0, 0.05) is 17.9 Å². The molecule has 1 saturated carbocycles. The Hall–Kier alpha value is -1.00. The first-order valence-electron chi connectivity index (χ1n) is 8.79. The van der Waals surface area contributed by atoms with Gasteiger partial charge in [-0.3, -0.25) is 4.79 Å². The summed E-state index contributed by atoms with van der Waals surface area (Å²) >= 11 is 1.89. The number of nitrogens with one attached hydrogen (secondary N) is 1. The van der Waals surface area contributed by atoms with Crippen LogP contribution < -0.4 is 5.32 Å². The van der Waals surface area contributed by atoms with E-state index in [-0.39, 0.29) is 17.2 Å². The third-order valence-electron chi connectivity index (χ3n) is 6.03. The van der Waals surface area contributed by atoms with E-state index < -0.39 is 5.60 Å². The van der Waals surface area contributed by atoms with Gasteiger partial charge < -0.3 is 10.4 Å². The van der Waals surface area contributed by atoms with Gasteiger partial charge in [0.2, 0.25) is 5.91 Å². The Morgan fingerprint density at radius 1 is 1.26 bits per heavy atom. The fourth-order valence-electron chi connectivity index (χ4n) is 4.48. The molecule has 1 heterocycles. The van der Waals surface area contributed by atoms with Crippen LogP contribution in [-0.4, -0.2) is 34.7 Å². The van der Waals surface area contributed by atoms with Gasteiger partial charge in [0.25, 0.3) is 0 Å². The van der Waals surface area contributed by atoms with E-state index >= 15 is 0 Å². The Morgan fingerprint density at radius 3 is 2.87 bits per heavy atom. The average Bonchev–Trinajstić information content (AvgIpc) is 3.29. The molecule has 3 aliphatic rings. The van der Waals surface area contributed by atoms with Crippen LogP contribution in [0.3, 0.4) is 0 Å². The molecule has 3 nitrogen and oxygen atoms in total. The van der Waals surface area contributed by atoms with Gasteiger partial charge in [0.15, 0.2) is 0 Å². The van der Waals surface area contributed by atoms with Gasteiger partial charge >= 0.3 is 0 Å². The number of benzene rings is 1. The molecule has 1 aromatic rings. The topological polar surface area (TPSA) is 49.3 Å². The molecule has 2 unspecified atom stereocenters. The van der Waals surface area contributed by atoms with E-state index in [4.69, 9.17) is 0 Å². The van der Waals surface area contributed by atoms with E-state index in [1.165, 1.54) is 17.5 Å². The number of aliphatic hydroxyl groups is 1. The standard InChI is InChI=1S/C19H25NO2S/c21-17(20-13-18(22)8-10-23-11-9-18)16-12-19(16)7-3-5-14-4-1-2-6-15(14)19/h1-2,4,6,16,22H,3,5,7-13H2,(H,20,21). The largest absolute Gasteiger partial charge is 0.388 e. The van der Waals surface area contributed by atoms with Gasteiger partial charge in [-0.05, 0) is 61.2 Å². The number of hydrogen-bond donors (Lipinski definition) is 2. The molecule has 4 rings (SSSR count). The second-order valence-electron chi connectivity index (χ2n) is 7.48. The molecule has 1 saturated heterocycles. The van der Waals surface area contributed by atoms with Crippen molar-refractivity contribution in [1.29, 1.82) is 0 Å². The Kier molecular flexibility index (Phi) is 3.93. The fraction of sp³-hybridized carbons (Fsp3) is 0.632. The maximum absolute atomic E-state index is 12.6. The highest BCUT2D eigenvalue weighted by atomic mass is 32.2. The molecule has 2 aliphatic carbocycles. The number of carbonyl (C=O) groups is 1. The summed E-state index contributed by atoms with van der Waals surface area (Å²) in [6, 6.07) is 8.63. The van der Waals surface area contributed by atoms with Crippen molar-refractivity contribution >= 4 is 17.7 Å². The van der Waals surface area contributed by atoms with Crippen molar-refractivity contribution < 1.29 is 9.90 Å². The van der Waals surface area contributed by atoms with E-state index in [0.29, 0.717) is 6.54 Å². The van der Waals surface area contributed by atoms with Crippen LogP contribution in [0.25, 0.3) is 0 Å². The zero-order chi connectivity index (χ0) is 15.9. The lowest BCUT2D eigenvalue weighted by molar-refractivity contribution is -0.124. The minimum absolute atomic E-state index is 0.0873. The minimum Gasteiger partial charge on any atom is -0.388 e. The van der Waals surface area contributed by atoms with Crippen molar-refractivity contribution in [2.75, 3.05) is 18.1 Å². The molecule has 0 bridgehead atoms. The number of fused-ring (bicyclic) bond motifs is 2. The van der Waals surface area contributed by atoms with Crippen LogP contribution in [0.2, 0.25) is 0 Å². The summed E-state index contributed by atoms with van der Waals surface area (Å²) in [6.07, 6.45) is 6.01. The molecule has 1 spiro atoms. The quantitative estimate of drug-likeness (QED) is 0.895. The second kappa shape index (κ2) is 5.82. The Balaban J connectivity index is 1.42. The highest BCUT2D eigenvalue weighted by Crippen LogP contribution is 2.60. The van der Waals surface area contributed by atoms with Gasteiger partial charge in [0.1, 0.15) is 0 Å². The third-order valence-corrected chi connectivity index (χ3v) is 7.02. The highest BCUT2D eigenvalue weighted by Gasteiger charge is 2.60. The van der Waals surface area contributed by atoms with Gasteiger partial charge in [0.05, 0.1) is 5.60 Å². The molecule has 1 amide bonds. The Labute approximate surface area is 142 Å². The number of hydrogen-bond acceptors (Lipinski definition) is 3. The number of aryl methyl sites for hydroxylation is 1. The van der Waals surface area contributed by atoms with Crippen LogP contribution in [0.1, 0.15) is 43.2 Å². The first-order chi connectivity index (χ1) is 11.1. The molecule has 2 fully saturated rings. The van der Waals surface area contributed by atoms with Crippen molar-refractivity contribution in [3.8, 4) is 0 Å². The number of amides is 1. The van der Waals surface area contributed by atoms with Crippen LogP contribution in [0, 0.1) is 5.92 Å². The monoisotopic (exact) mass is 331 g/mol. The van der Waals surface area contributed by atoms with Crippen LogP contribution >= 0.6 is 11.8 Å². The lowest BCUT2D eigenvalue weighted by Gasteiger charge is -2.32. The summed E-state index contributed by atoms with van der Waals surface area (Å²) in [5.41, 5.74) is 2.23. The number of thioether (sulfide) groups is 1. The van der Waals surface area contributed by atoms with Crippen molar-refractivity contribution in [3.05, 3.63) is 35.4 Å². The molecular formula is C19H25NO2S. The summed E-state index contributed by atoms with van der Waals surface area (Å²) in [5, 5.41) is 13.6. The van der Waals surface area contributed by atoms with Gasteiger partial charge in [-0.2, -0.15) is 11.8 Å². The van der Waals surface area contributed by atoms with Gasteiger partial charge in [-0.25, -0.2) is 0 Å². The van der Waals surface area contributed by atoms with Crippen LogP contribution in [0.15, 0.2) is 24.3 Å². The van der Waals surface area contributed by atoms with Crippen molar-refractivity contribution in [3.63, 3.8) is 0 Å². The predicted octanol–water partition coefficient (Wildman–Crippen LogP) is 2.65. The number of carbonyl (C=O) groups excluding carboxylic acids is 1. The summed E-state index contributed by atoms with van der Waals surface area (Å²) in [5.74, 6) is 2.24. The van der Waals surface area contributed by atoms with Crippen LogP contribution in [0.5, 0.6) is 0 Å². The SMILES string of the molecule is O=C(NCC1(O)CCSCC1)C1CC12CCCc1ccccc12. The predicted molar refractivity (Wildman–Crippen MR) is 93.7 cm³/mol. The third kappa shape index (κ3) is 2.80. The molecule has 124 valence electrons. The first-order valence-corrected chi connectivity index (χ1v) is 9.95. The van der Waals surface area contributed by atoms with Crippen molar-refractivity contribution in [2.45, 2.75) is 49.5 Å². The van der Waals surface area contributed by atoms with E-state index in [9.17, 15) is 9.90 Å². The molecule has 0 aromatic heterocycles. The van der Waals surface area contributed by atoms with Crippen LogP contribution in [-0.2, 0) is 16.6 Å². The van der Waals surface area contributed by atoms with Crippen molar-refractivity contribution in [1.82, 2.24) is 5.32 Å². The minimum atomic E-state index is -0.687. The molecule has 4 heteroatoms. The number of rotatable bonds is 3. The lowest BCUT2D eigenvalue weighted by Crippen LogP contribution is -2.46. The highest BCUT2D eigenvalue weighted by molar-refractivity contribution is 7.99. The maximum Gasteiger partial charge on any atom is 0.224 e. The smallest absolute Gasteiger partial charge is 0.224 e. The summed E-state index contributed by atoms with van der Waals surface area (Å²) in [7, 11) is 0. The summed E-state index contributed by atoms with van der Waals surface area (Å²) in [6.45, 7) is 0.417. The van der Waals surface area contributed by atoms with Crippen molar-refractivity contribution in [2.24, 2.45) is 5.92 Å². The first kappa shape index (κ1) is 15.5. The van der Waals surface area contributed by atoms with E-state index in [0.717, 1.165) is 43.6 Å². The Bertz CT molecular complexity index is 611. The molecular weight excluding hydrogens is 306 g/mol. The van der Waals surface area contributed by atoms with Gasteiger partial charge in [-0.1, -0.05) is 24.3 Å². The van der Waals surface area contributed by atoms with E-state index in [2.05, 4.69) is 29.6 Å². The zero-order valence-corrected chi connectivity index (χ0v) is 14.3. The molecule has 1 aliphatic heterocycles. The normalized spacial score (nSPS) is 31.4. The van der Waals surface area contributed by atoms with E-state index in [1.54, 1.807) is 0 Å². The zero-order valence-electron chi connectivity index (χ0n) is 13.5. The molecule has 0 radical (unpaired) electrons. The summed E-state index contributed by atoms with van der Waals surface area (Å²) < 4.78 is 0. The molecule has 23 heavy (non-hydrogen) atoms. The summed E-state index contributed by atoms with van der Waals surface area (Å²) in [4.78, 5) is 12.6. The van der Waals surface area contributed by atoms with Crippen LogP contribution in [0.4, 0.5) is 0 Å².